The maximum absolute atomic E-state index is 12.4. The van der Waals surface area contributed by atoms with Crippen LogP contribution in [0.2, 0.25) is 5.02 Å². The molecule has 124 valence electrons. The number of benzene rings is 1. The molecule has 5 nitrogen and oxygen atoms in total. The molecule has 0 atom stereocenters. The number of hydrogen-bond donors (Lipinski definition) is 1. The highest BCUT2D eigenvalue weighted by atomic mass is 35.5. The summed E-state index contributed by atoms with van der Waals surface area (Å²) in [5.74, 6) is 0.238. The van der Waals surface area contributed by atoms with E-state index >= 15 is 0 Å². The Hall–Kier alpha value is -1.41. The number of methoxy groups -OCH3 is 1. The maximum Gasteiger partial charge on any atom is 0.244 e. The zero-order chi connectivity index (χ0) is 17.0. The number of carbonyl (C=O) groups excluding carboxylic acids is 1. The minimum Gasteiger partial charge on any atom is -0.495 e. The molecule has 1 aromatic heterocycles. The molecule has 0 amide bonds. The Kier molecular flexibility index (Phi) is 5.80. The smallest absolute Gasteiger partial charge is 0.244 e. The number of nitrogens with one attached hydrogen (secondary N) is 1. The van der Waals surface area contributed by atoms with Crippen molar-refractivity contribution in [3.8, 4) is 5.75 Å². The van der Waals surface area contributed by atoms with Crippen molar-refractivity contribution in [1.29, 1.82) is 0 Å². The number of carbonyl (C=O) groups is 1. The van der Waals surface area contributed by atoms with Gasteiger partial charge in [-0.1, -0.05) is 11.6 Å². The summed E-state index contributed by atoms with van der Waals surface area (Å²) in [5.41, 5.74) is 0. The van der Waals surface area contributed by atoms with E-state index in [1.165, 1.54) is 37.5 Å². The van der Waals surface area contributed by atoms with Crippen molar-refractivity contribution in [1.82, 2.24) is 4.72 Å². The Morgan fingerprint density at radius 2 is 2.04 bits per heavy atom. The van der Waals surface area contributed by atoms with Gasteiger partial charge < -0.3 is 4.74 Å². The molecule has 0 saturated carbocycles. The zero-order valence-corrected chi connectivity index (χ0v) is 15.0. The van der Waals surface area contributed by atoms with Crippen molar-refractivity contribution in [2.75, 3.05) is 13.7 Å². The van der Waals surface area contributed by atoms with E-state index < -0.39 is 10.0 Å². The summed E-state index contributed by atoms with van der Waals surface area (Å²) in [5, 5.41) is 0.315. The second-order valence-corrected chi connectivity index (χ2v) is 8.11. The van der Waals surface area contributed by atoms with Crippen LogP contribution >= 0.6 is 22.9 Å². The quantitative estimate of drug-likeness (QED) is 0.757. The van der Waals surface area contributed by atoms with Gasteiger partial charge in [-0.25, -0.2) is 13.1 Å². The highest BCUT2D eigenvalue weighted by molar-refractivity contribution is 7.89. The Labute approximate surface area is 144 Å². The molecule has 23 heavy (non-hydrogen) atoms. The average molecular weight is 374 g/mol. The van der Waals surface area contributed by atoms with Crippen molar-refractivity contribution in [3.05, 3.63) is 45.1 Å². The fraction of sp³-hybridized carbons (Fsp3) is 0.267. The van der Waals surface area contributed by atoms with Crippen LogP contribution in [0.3, 0.4) is 0 Å². The third kappa shape index (κ3) is 4.54. The summed E-state index contributed by atoms with van der Waals surface area (Å²) in [4.78, 5) is 12.9. The summed E-state index contributed by atoms with van der Waals surface area (Å²) < 4.78 is 32.3. The molecule has 0 saturated heterocycles. The molecular formula is C15H16ClNO4S2. The Morgan fingerprint density at radius 3 is 2.65 bits per heavy atom. The zero-order valence-electron chi connectivity index (χ0n) is 12.6. The van der Waals surface area contributed by atoms with Crippen LogP contribution in [0.25, 0.3) is 0 Å². The molecule has 0 bridgehead atoms. The minimum absolute atomic E-state index is 0.00287. The lowest BCUT2D eigenvalue weighted by Gasteiger charge is -2.10. The Bertz CT molecular complexity index is 815. The summed E-state index contributed by atoms with van der Waals surface area (Å²) in [7, 11) is -2.33. The van der Waals surface area contributed by atoms with Crippen LogP contribution in [0.5, 0.6) is 5.75 Å². The lowest BCUT2D eigenvalue weighted by molar-refractivity contribution is 0.102. The monoisotopic (exact) mass is 373 g/mol. The molecule has 1 heterocycles. The third-order valence-corrected chi connectivity index (χ3v) is 6.05. The first kappa shape index (κ1) is 17.9. The molecule has 8 heteroatoms. The number of ether oxygens (including phenoxy) is 1. The molecule has 0 aliphatic rings. The van der Waals surface area contributed by atoms with Gasteiger partial charge in [0.2, 0.25) is 10.0 Å². The molecule has 0 fully saturated rings. The van der Waals surface area contributed by atoms with Gasteiger partial charge in [0.25, 0.3) is 0 Å². The van der Waals surface area contributed by atoms with E-state index in [0.29, 0.717) is 16.3 Å². The second-order valence-electron chi connectivity index (χ2n) is 4.77. The van der Waals surface area contributed by atoms with Crippen molar-refractivity contribution >= 4 is 38.7 Å². The number of Topliss-reactive ketones (excluding diaryl/α,β-unsaturated/α-hetero) is 1. The summed E-state index contributed by atoms with van der Waals surface area (Å²) in [6.45, 7) is 1.72. The Balaban J connectivity index is 2.07. The number of halogens is 1. The van der Waals surface area contributed by atoms with Crippen molar-refractivity contribution in [2.45, 2.75) is 18.2 Å². The van der Waals surface area contributed by atoms with Gasteiger partial charge in [0.15, 0.2) is 5.78 Å². The van der Waals surface area contributed by atoms with E-state index in [1.54, 1.807) is 12.1 Å². The first-order chi connectivity index (χ1) is 10.8. The van der Waals surface area contributed by atoms with Gasteiger partial charge in [-0.3, -0.25) is 4.79 Å². The molecule has 0 spiro atoms. The standard InChI is InChI=1S/C15H16ClNO4S2/c1-10(18)14-6-4-12(22-14)7-8-17-23(19,20)15-9-11(16)3-5-13(15)21-2/h3-6,9,17H,7-8H2,1-2H3. The fourth-order valence-electron chi connectivity index (χ4n) is 1.95. The van der Waals surface area contributed by atoms with Crippen LogP contribution < -0.4 is 9.46 Å². The van der Waals surface area contributed by atoms with E-state index in [1.807, 2.05) is 6.07 Å². The van der Waals surface area contributed by atoms with Crippen LogP contribution in [-0.2, 0) is 16.4 Å². The molecule has 0 aliphatic carbocycles. The lowest BCUT2D eigenvalue weighted by atomic mass is 10.3. The number of sulfonamides is 1. The van der Waals surface area contributed by atoms with E-state index in [9.17, 15) is 13.2 Å². The molecule has 2 rings (SSSR count). The van der Waals surface area contributed by atoms with Gasteiger partial charge >= 0.3 is 0 Å². The van der Waals surface area contributed by atoms with Crippen LogP contribution in [0.4, 0.5) is 0 Å². The van der Waals surface area contributed by atoms with Gasteiger partial charge in [0, 0.05) is 16.4 Å². The van der Waals surface area contributed by atoms with Crippen molar-refractivity contribution < 1.29 is 17.9 Å². The molecule has 2 aromatic rings. The van der Waals surface area contributed by atoms with Gasteiger partial charge in [-0.15, -0.1) is 11.3 Å². The van der Waals surface area contributed by atoms with Crippen LogP contribution in [0, 0.1) is 0 Å². The fourth-order valence-corrected chi connectivity index (χ4v) is 4.31. The summed E-state index contributed by atoms with van der Waals surface area (Å²) in [6.07, 6.45) is 0.500. The van der Waals surface area contributed by atoms with E-state index in [2.05, 4.69) is 4.72 Å². The number of thiophene rings is 1. The van der Waals surface area contributed by atoms with E-state index in [0.717, 1.165) is 4.88 Å². The van der Waals surface area contributed by atoms with E-state index in [-0.39, 0.29) is 23.0 Å². The molecule has 1 N–H and O–H groups in total. The van der Waals surface area contributed by atoms with Crippen molar-refractivity contribution in [2.24, 2.45) is 0 Å². The topological polar surface area (TPSA) is 72.5 Å². The van der Waals surface area contributed by atoms with Crippen molar-refractivity contribution in [3.63, 3.8) is 0 Å². The number of rotatable bonds is 7. The highest BCUT2D eigenvalue weighted by Gasteiger charge is 2.19. The van der Waals surface area contributed by atoms with Crippen LogP contribution in [0.15, 0.2) is 35.2 Å². The third-order valence-electron chi connectivity index (χ3n) is 3.09. The minimum atomic E-state index is -3.73. The molecule has 0 radical (unpaired) electrons. The summed E-state index contributed by atoms with van der Waals surface area (Å²) >= 11 is 7.23. The van der Waals surface area contributed by atoms with Gasteiger partial charge in [-0.05, 0) is 43.7 Å². The van der Waals surface area contributed by atoms with Gasteiger partial charge in [0.05, 0.1) is 12.0 Å². The van der Waals surface area contributed by atoms with Crippen LogP contribution in [0.1, 0.15) is 21.5 Å². The summed E-state index contributed by atoms with van der Waals surface area (Å²) in [6, 6.07) is 8.00. The lowest BCUT2D eigenvalue weighted by Crippen LogP contribution is -2.26. The molecular weight excluding hydrogens is 358 g/mol. The average Bonchev–Trinajstić information content (AvgIpc) is 2.96. The predicted octanol–water partition coefficient (Wildman–Crippen LogP) is 3.13. The normalized spacial score (nSPS) is 11.4. The maximum atomic E-state index is 12.4. The first-order valence-electron chi connectivity index (χ1n) is 6.76. The predicted molar refractivity (Wildman–Crippen MR) is 91.2 cm³/mol. The highest BCUT2D eigenvalue weighted by Crippen LogP contribution is 2.27. The number of ketones is 1. The first-order valence-corrected chi connectivity index (χ1v) is 9.44. The number of hydrogen-bond acceptors (Lipinski definition) is 5. The molecule has 0 aliphatic heterocycles. The SMILES string of the molecule is COc1ccc(Cl)cc1S(=O)(=O)NCCc1ccc(C(C)=O)s1. The van der Waals surface area contributed by atoms with E-state index in [4.69, 9.17) is 16.3 Å². The van der Waals surface area contributed by atoms with Gasteiger partial charge in [-0.2, -0.15) is 0 Å². The molecule has 0 unspecified atom stereocenters. The second kappa shape index (κ2) is 7.44. The van der Waals surface area contributed by atoms with Gasteiger partial charge in [0.1, 0.15) is 10.6 Å². The Morgan fingerprint density at radius 1 is 1.30 bits per heavy atom. The largest absolute Gasteiger partial charge is 0.495 e. The van der Waals surface area contributed by atoms with Crippen LogP contribution in [-0.4, -0.2) is 27.9 Å². The molecule has 1 aromatic carbocycles.